The number of rotatable bonds is 10. The van der Waals surface area contributed by atoms with Crippen molar-refractivity contribution in [3.63, 3.8) is 0 Å². The molecule has 10 heteroatoms. The van der Waals surface area contributed by atoms with E-state index < -0.39 is 53.8 Å². The predicted octanol–water partition coefficient (Wildman–Crippen LogP) is 4.09. The SMILES string of the molecule is O=C1[C@@H]2[C@@H](CC(CO)=C([C@H](O)CC/C(=C/c3cccc(O)c3)c3ccccc3)[C@@H]2CO)C(=O)N1c1cccc([N+](=O)[O-])c1. The Morgan fingerprint density at radius 1 is 1.00 bits per heavy atom. The number of nitro benzene ring substituents is 1. The van der Waals surface area contributed by atoms with Gasteiger partial charge >= 0.3 is 0 Å². The molecule has 1 aliphatic carbocycles. The fraction of sp³-hybridized carbons (Fsp3) is 0.273. The smallest absolute Gasteiger partial charge is 0.271 e. The Balaban J connectivity index is 1.43. The summed E-state index contributed by atoms with van der Waals surface area (Å²) in [5.74, 6) is -3.85. The zero-order valence-corrected chi connectivity index (χ0v) is 23.2. The molecule has 0 unspecified atom stereocenters. The van der Waals surface area contributed by atoms with Crippen LogP contribution < -0.4 is 4.90 Å². The van der Waals surface area contributed by atoms with E-state index in [9.17, 15) is 40.1 Å². The van der Waals surface area contributed by atoms with E-state index in [0.29, 0.717) is 17.6 Å². The van der Waals surface area contributed by atoms with Crippen LogP contribution in [0.1, 0.15) is 30.4 Å². The van der Waals surface area contributed by atoms with Gasteiger partial charge in [0.05, 0.1) is 41.8 Å². The topological polar surface area (TPSA) is 161 Å². The van der Waals surface area contributed by atoms with E-state index in [-0.39, 0.29) is 30.0 Å². The first kappa shape index (κ1) is 29.8. The second-order valence-corrected chi connectivity index (χ2v) is 10.8. The number of nitrogens with zero attached hydrogens (tertiary/aromatic N) is 2. The van der Waals surface area contributed by atoms with Crippen molar-refractivity contribution in [3.8, 4) is 5.75 Å². The average Bonchev–Trinajstić information content (AvgIpc) is 3.27. The number of carbonyl (C=O) groups excluding carboxylic acids is 2. The Morgan fingerprint density at radius 3 is 2.42 bits per heavy atom. The highest BCUT2D eigenvalue weighted by Gasteiger charge is 2.55. The lowest BCUT2D eigenvalue weighted by atomic mass is 9.68. The second kappa shape index (κ2) is 12.7. The number of benzene rings is 3. The summed E-state index contributed by atoms with van der Waals surface area (Å²) in [6, 6.07) is 21.6. The molecule has 4 atom stereocenters. The van der Waals surface area contributed by atoms with Crippen LogP contribution in [0.3, 0.4) is 0 Å². The maximum atomic E-state index is 13.7. The van der Waals surface area contributed by atoms with Gasteiger partial charge in [-0.2, -0.15) is 0 Å². The summed E-state index contributed by atoms with van der Waals surface area (Å²) in [7, 11) is 0. The molecule has 0 aromatic heterocycles. The van der Waals surface area contributed by atoms with Crippen LogP contribution >= 0.6 is 0 Å². The number of anilines is 1. The minimum absolute atomic E-state index is 0.0186. The Bertz CT molecular complexity index is 1600. The van der Waals surface area contributed by atoms with Crippen molar-refractivity contribution in [2.24, 2.45) is 17.8 Å². The number of aromatic hydroxyl groups is 1. The standard InChI is InChI=1S/C33H32N2O8/c36-18-23-16-27-31(33(41)34(32(27)40)24-9-5-10-25(17-24)35(42)43)28(19-37)30(23)29(39)13-12-22(21-7-2-1-3-8-21)14-20-6-4-11-26(38)15-20/h1-11,14-15,17,27-29,31,36-39H,12-13,16,18-19H2/b22-14-/t27-,28+,29-,31-/m1/s1. The molecular weight excluding hydrogens is 552 g/mol. The first-order valence-electron chi connectivity index (χ1n) is 14.0. The Hall–Kier alpha value is -4.64. The summed E-state index contributed by atoms with van der Waals surface area (Å²) >= 11 is 0. The van der Waals surface area contributed by atoms with Crippen molar-refractivity contribution in [2.45, 2.75) is 25.4 Å². The highest BCUT2D eigenvalue weighted by atomic mass is 16.6. The molecule has 5 rings (SSSR count). The van der Waals surface area contributed by atoms with Crippen LogP contribution in [0, 0.1) is 27.9 Å². The summed E-state index contributed by atoms with van der Waals surface area (Å²) < 4.78 is 0. The van der Waals surface area contributed by atoms with Crippen molar-refractivity contribution >= 4 is 34.8 Å². The second-order valence-electron chi connectivity index (χ2n) is 10.8. The molecule has 2 amide bonds. The molecule has 222 valence electrons. The number of amides is 2. The van der Waals surface area contributed by atoms with Crippen LogP contribution in [0.2, 0.25) is 0 Å². The number of imide groups is 1. The summed E-state index contributed by atoms with van der Waals surface area (Å²) in [5, 5.41) is 53.5. The van der Waals surface area contributed by atoms with Gasteiger partial charge in [0.25, 0.3) is 5.69 Å². The molecule has 3 aromatic carbocycles. The van der Waals surface area contributed by atoms with E-state index in [1.54, 1.807) is 18.2 Å². The van der Waals surface area contributed by atoms with Gasteiger partial charge in [0.2, 0.25) is 11.8 Å². The van der Waals surface area contributed by atoms with Gasteiger partial charge in [-0.15, -0.1) is 0 Å². The van der Waals surface area contributed by atoms with E-state index in [2.05, 4.69) is 0 Å². The molecule has 0 radical (unpaired) electrons. The minimum Gasteiger partial charge on any atom is -0.508 e. The lowest BCUT2D eigenvalue weighted by Gasteiger charge is -2.36. The lowest BCUT2D eigenvalue weighted by Crippen LogP contribution is -2.39. The van der Waals surface area contributed by atoms with E-state index in [0.717, 1.165) is 27.7 Å². The van der Waals surface area contributed by atoms with Gasteiger partial charge in [-0.05, 0) is 65.3 Å². The number of carbonyl (C=O) groups is 2. The quantitative estimate of drug-likeness (QED) is 0.0911. The summed E-state index contributed by atoms with van der Waals surface area (Å²) in [5.41, 5.74) is 3.10. The molecular formula is C33H32N2O8. The van der Waals surface area contributed by atoms with E-state index in [4.69, 9.17) is 0 Å². The monoisotopic (exact) mass is 584 g/mol. The van der Waals surface area contributed by atoms with Gasteiger partial charge < -0.3 is 20.4 Å². The van der Waals surface area contributed by atoms with E-state index >= 15 is 0 Å². The molecule has 1 fully saturated rings. The van der Waals surface area contributed by atoms with Crippen molar-refractivity contribution in [3.05, 3.63) is 111 Å². The van der Waals surface area contributed by atoms with E-state index in [1.165, 1.54) is 18.2 Å². The average molecular weight is 585 g/mol. The number of phenolic OH excluding ortho intramolecular Hbond substituents is 1. The predicted molar refractivity (Wildman–Crippen MR) is 160 cm³/mol. The number of hydrogen-bond acceptors (Lipinski definition) is 8. The van der Waals surface area contributed by atoms with E-state index in [1.807, 2.05) is 42.5 Å². The number of fused-ring (bicyclic) bond motifs is 1. The van der Waals surface area contributed by atoms with Crippen molar-refractivity contribution in [1.82, 2.24) is 0 Å². The minimum atomic E-state index is -1.13. The maximum absolute atomic E-state index is 13.7. The first-order chi connectivity index (χ1) is 20.7. The molecule has 0 spiro atoms. The number of aliphatic hydroxyl groups excluding tert-OH is 3. The van der Waals surface area contributed by atoms with Crippen LogP contribution in [0.15, 0.2) is 90.0 Å². The molecule has 4 N–H and O–H groups in total. The molecule has 1 heterocycles. The van der Waals surface area contributed by atoms with Crippen LogP contribution in [0.4, 0.5) is 11.4 Å². The Labute approximate surface area is 248 Å². The molecule has 0 bridgehead atoms. The third-order valence-corrected chi connectivity index (χ3v) is 8.27. The number of phenols is 1. The third-order valence-electron chi connectivity index (χ3n) is 8.27. The molecule has 10 nitrogen and oxygen atoms in total. The van der Waals surface area contributed by atoms with Gasteiger partial charge in [0.15, 0.2) is 0 Å². The highest BCUT2D eigenvalue weighted by molar-refractivity contribution is 6.22. The summed E-state index contributed by atoms with van der Waals surface area (Å²) in [6.45, 7) is -1.00. The zero-order chi connectivity index (χ0) is 30.7. The number of nitro groups is 1. The van der Waals surface area contributed by atoms with Gasteiger partial charge in [0, 0.05) is 18.1 Å². The van der Waals surface area contributed by atoms with Gasteiger partial charge in [-0.25, -0.2) is 4.90 Å². The fourth-order valence-corrected chi connectivity index (χ4v) is 6.32. The largest absolute Gasteiger partial charge is 0.508 e. The number of aliphatic hydroxyl groups is 3. The fourth-order valence-electron chi connectivity index (χ4n) is 6.32. The first-order valence-corrected chi connectivity index (χ1v) is 14.0. The maximum Gasteiger partial charge on any atom is 0.271 e. The number of non-ortho nitro benzene ring substituents is 1. The molecule has 43 heavy (non-hydrogen) atoms. The third kappa shape index (κ3) is 5.98. The molecule has 2 aliphatic rings. The van der Waals surface area contributed by atoms with Crippen LogP contribution in [0.25, 0.3) is 11.6 Å². The van der Waals surface area contributed by atoms with Crippen LogP contribution in [-0.2, 0) is 9.59 Å². The van der Waals surface area contributed by atoms with Gasteiger partial charge in [-0.3, -0.25) is 19.7 Å². The Morgan fingerprint density at radius 2 is 1.74 bits per heavy atom. The Kier molecular flexibility index (Phi) is 8.81. The molecule has 1 aliphatic heterocycles. The van der Waals surface area contributed by atoms with Crippen molar-refractivity contribution in [1.29, 1.82) is 0 Å². The van der Waals surface area contributed by atoms with Gasteiger partial charge in [-0.1, -0.05) is 54.6 Å². The summed E-state index contributed by atoms with van der Waals surface area (Å²) in [6.07, 6.45) is 1.39. The van der Waals surface area contributed by atoms with Crippen molar-refractivity contribution in [2.75, 3.05) is 18.1 Å². The van der Waals surface area contributed by atoms with Crippen molar-refractivity contribution < 1.29 is 34.9 Å². The number of allylic oxidation sites excluding steroid dienone is 1. The van der Waals surface area contributed by atoms with Crippen LogP contribution in [0.5, 0.6) is 5.75 Å². The lowest BCUT2D eigenvalue weighted by molar-refractivity contribution is -0.384. The number of hydrogen-bond donors (Lipinski definition) is 4. The zero-order valence-electron chi connectivity index (χ0n) is 23.2. The summed E-state index contributed by atoms with van der Waals surface area (Å²) in [4.78, 5) is 38.7. The normalized spacial score (nSPS) is 21.2. The molecule has 0 saturated carbocycles. The van der Waals surface area contributed by atoms with Crippen LogP contribution in [-0.4, -0.2) is 56.5 Å². The molecule has 1 saturated heterocycles. The van der Waals surface area contributed by atoms with Gasteiger partial charge in [0.1, 0.15) is 5.75 Å². The highest BCUT2D eigenvalue weighted by Crippen LogP contribution is 2.47. The molecule has 3 aromatic rings.